The lowest BCUT2D eigenvalue weighted by molar-refractivity contribution is 0.0767. The highest BCUT2D eigenvalue weighted by molar-refractivity contribution is 7.09. The van der Waals surface area contributed by atoms with Crippen LogP contribution in [0.2, 0.25) is 0 Å². The van der Waals surface area contributed by atoms with E-state index in [9.17, 15) is 14.0 Å². The van der Waals surface area contributed by atoms with Gasteiger partial charge in [-0.05, 0) is 39.8 Å². The number of nitrogens with one attached hydrogen (secondary N) is 1. The molecule has 0 aliphatic rings. The lowest BCUT2D eigenvalue weighted by Crippen LogP contribution is -2.39. The number of thiazole rings is 1. The van der Waals surface area contributed by atoms with E-state index in [0.717, 1.165) is 0 Å². The molecule has 0 radical (unpaired) electrons. The van der Waals surface area contributed by atoms with Crippen LogP contribution in [-0.2, 0) is 6.54 Å². The fourth-order valence-corrected chi connectivity index (χ4v) is 3.30. The summed E-state index contributed by atoms with van der Waals surface area (Å²) >= 11 is 1.33. The zero-order valence-electron chi connectivity index (χ0n) is 16.0. The van der Waals surface area contributed by atoms with Gasteiger partial charge in [-0.2, -0.15) is 0 Å². The molecule has 3 amide bonds. The van der Waals surface area contributed by atoms with Crippen LogP contribution in [0.15, 0.2) is 29.6 Å². The number of para-hydroxylation sites is 1. The first-order chi connectivity index (χ1) is 12.9. The zero-order chi connectivity index (χ0) is 20.0. The number of anilines is 1. The van der Waals surface area contributed by atoms with Gasteiger partial charge in [0.25, 0.3) is 5.91 Å². The van der Waals surface area contributed by atoms with Crippen LogP contribution in [0.1, 0.15) is 43.2 Å². The van der Waals surface area contributed by atoms with Crippen molar-refractivity contribution in [2.24, 2.45) is 0 Å². The molecule has 0 spiro atoms. The van der Waals surface area contributed by atoms with E-state index in [1.54, 1.807) is 27.3 Å². The van der Waals surface area contributed by atoms with Gasteiger partial charge in [0.1, 0.15) is 16.5 Å². The molecule has 0 saturated carbocycles. The van der Waals surface area contributed by atoms with Crippen molar-refractivity contribution in [2.75, 3.05) is 18.4 Å². The molecule has 146 valence electrons. The van der Waals surface area contributed by atoms with E-state index >= 15 is 0 Å². The molecule has 6 nitrogen and oxygen atoms in total. The molecule has 0 unspecified atom stereocenters. The van der Waals surface area contributed by atoms with Crippen molar-refractivity contribution in [2.45, 2.75) is 40.3 Å². The molecule has 0 bridgehead atoms. The van der Waals surface area contributed by atoms with Crippen molar-refractivity contribution in [3.8, 4) is 0 Å². The third-order valence-corrected chi connectivity index (χ3v) is 4.96. The van der Waals surface area contributed by atoms with Gasteiger partial charge in [-0.3, -0.25) is 4.79 Å². The van der Waals surface area contributed by atoms with Gasteiger partial charge >= 0.3 is 6.03 Å². The Morgan fingerprint density at radius 2 is 1.89 bits per heavy atom. The second-order valence-electron chi connectivity index (χ2n) is 6.24. The molecule has 8 heteroatoms. The molecule has 27 heavy (non-hydrogen) atoms. The Morgan fingerprint density at radius 1 is 1.22 bits per heavy atom. The summed E-state index contributed by atoms with van der Waals surface area (Å²) in [5, 5.41) is 4.96. The second-order valence-corrected chi connectivity index (χ2v) is 7.18. The van der Waals surface area contributed by atoms with Gasteiger partial charge in [-0.1, -0.05) is 12.1 Å². The summed E-state index contributed by atoms with van der Waals surface area (Å²) in [4.78, 5) is 32.6. The van der Waals surface area contributed by atoms with Gasteiger partial charge < -0.3 is 15.1 Å². The number of urea groups is 1. The summed E-state index contributed by atoms with van der Waals surface area (Å²) in [5.74, 6) is -0.606. The monoisotopic (exact) mass is 392 g/mol. The Kier molecular flexibility index (Phi) is 7.29. The fraction of sp³-hybridized carbons (Fsp3) is 0.421. The van der Waals surface area contributed by atoms with Crippen molar-refractivity contribution >= 4 is 29.0 Å². The first kappa shape index (κ1) is 20.8. The third-order valence-electron chi connectivity index (χ3n) is 4.13. The van der Waals surface area contributed by atoms with E-state index in [2.05, 4.69) is 10.3 Å². The first-order valence-corrected chi connectivity index (χ1v) is 9.81. The number of nitrogens with zero attached hydrogens (tertiary/aromatic N) is 3. The predicted molar refractivity (Wildman–Crippen MR) is 105 cm³/mol. The average Bonchev–Trinajstić information content (AvgIpc) is 3.11. The van der Waals surface area contributed by atoms with Gasteiger partial charge in [-0.25, -0.2) is 14.2 Å². The van der Waals surface area contributed by atoms with Crippen LogP contribution in [0.4, 0.5) is 14.9 Å². The normalized spacial score (nSPS) is 10.7. The van der Waals surface area contributed by atoms with Gasteiger partial charge in [0.2, 0.25) is 0 Å². The average molecular weight is 393 g/mol. The highest BCUT2D eigenvalue weighted by atomic mass is 32.1. The summed E-state index contributed by atoms with van der Waals surface area (Å²) < 4.78 is 13.8. The van der Waals surface area contributed by atoms with Crippen LogP contribution >= 0.6 is 11.3 Å². The van der Waals surface area contributed by atoms with Crippen LogP contribution < -0.4 is 5.32 Å². The molecule has 0 fully saturated rings. The Balaban J connectivity index is 2.11. The molecule has 1 heterocycles. The van der Waals surface area contributed by atoms with E-state index in [1.165, 1.54) is 23.5 Å². The van der Waals surface area contributed by atoms with Crippen molar-refractivity contribution in [1.82, 2.24) is 14.8 Å². The predicted octanol–water partition coefficient (Wildman–Crippen LogP) is 4.21. The van der Waals surface area contributed by atoms with Gasteiger partial charge in [0.15, 0.2) is 0 Å². The minimum absolute atomic E-state index is 0.116. The second kappa shape index (κ2) is 9.45. The highest BCUT2D eigenvalue weighted by Crippen LogP contribution is 2.18. The maximum absolute atomic E-state index is 13.8. The number of carbonyl (C=O) groups excluding carboxylic acids is 2. The number of aromatic nitrogens is 1. The maximum atomic E-state index is 13.8. The molecular weight excluding hydrogens is 367 g/mol. The third kappa shape index (κ3) is 5.26. The van der Waals surface area contributed by atoms with E-state index < -0.39 is 11.8 Å². The van der Waals surface area contributed by atoms with Crippen molar-refractivity contribution < 1.29 is 14.0 Å². The fourth-order valence-electron chi connectivity index (χ4n) is 2.54. The molecule has 0 atom stereocenters. The molecule has 1 aromatic carbocycles. The number of benzene rings is 1. The number of amides is 3. The van der Waals surface area contributed by atoms with Gasteiger partial charge in [0, 0.05) is 24.5 Å². The van der Waals surface area contributed by atoms with Crippen LogP contribution in [0.3, 0.4) is 0 Å². The van der Waals surface area contributed by atoms with Crippen molar-refractivity contribution in [3.63, 3.8) is 0 Å². The number of rotatable bonds is 7. The zero-order valence-corrected chi connectivity index (χ0v) is 16.8. The molecular formula is C19H25FN4O2S. The quantitative estimate of drug-likeness (QED) is 0.768. The SMILES string of the molecule is CCN(CC)C(=O)c1csc(CN(C(=O)Nc2ccccc2F)C(C)C)n1. The first-order valence-electron chi connectivity index (χ1n) is 8.93. The Bertz CT molecular complexity index is 790. The standard InChI is InChI=1S/C19H25FN4O2S/c1-5-23(6-2)18(25)16-12-27-17(21-16)11-24(13(3)4)19(26)22-15-10-8-7-9-14(15)20/h7-10,12-13H,5-6,11H2,1-4H3,(H,22,26). The molecule has 0 aliphatic heterocycles. The highest BCUT2D eigenvalue weighted by Gasteiger charge is 2.22. The topological polar surface area (TPSA) is 65.5 Å². The van der Waals surface area contributed by atoms with E-state index in [4.69, 9.17) is 0 Å². The molecule has 1 N–H and O–H groups in total. The van der Waals surface area contributed by atoms with Gasteiger partial charge in [-0.15, -0.1) is 11.3 Å². The van der Waals surface area contributed by atoms with E-state index in [-0.39, 0.29) is 24.2 Å². The van der Waals surface area contributed by atoms with E-state index in [0.29, 0.717) is 23.8 Å². The molecule has 1 aromatic heterocycles. The number of carbonyl (C=O) groups is 2. The summed E-state index contributed by atoms with van der Waals surface area (Å²) in [5.41, 5.74) is 0.515. The summed E-state index contributed by atoms with van der Waals surface area (Å²) in [6.07, 6.45) is 0. The van der Waals surface area contributed by atoms with Crippen LogP contribution in [-0.4, -0.2) is 45.9 Å². The smallest absolute Gasteiger partial charge is 0.322 e. The Morgan fingerprint density at radius 3 is 2.48 bits per heavy atom. The maximum Gasteiger partial charge on any atom is 0.322 e. The van der Waals surface area contributed by atoms with E-state index in [1.807, 2.05) is 27.7 Å². The van der Waals surface area contributed by atoms with Crippen molar-refractivity contribution in [3.05, 3.63) is 46.2 Å². The number of hydrogen-bond donors (Lipinski definition) is 1. The minimum atomic E-state index is -0.490. The molecule has 2 rings (SSSR count). The largest absolute Gasteiger partial charge is 0.338 e. The van der Waals surface area contributed by atoms with Crippen molar-refractivity contribution in [1.29, 1.82) is 0 Å². The Hall–Kier alpha value is -2.48. The lowest BCUT2D eigenvalue weighted by atomic mass is 10.3. The number of hydrogen-bond acceptors (Lipinski definition) is 4. The summed E-state index contributed by atoms with van der Waals surface area (Å²) in [7, 11) is 0. The Labute approximate surface area is 163 Å². The van der Waals surface area contributed by atoms with Crippen LogP contribution in [0.5, 0.6) is 0 Å². The summed E-state index contributed by atoms with van der Waals surface area (Å²) in [6, 6.07) is 5.49. The minimum Gasteiger partial charge on any atom is -0.338 e. The lowest BCUT2D eigenvalue weighted by Gasteiger charge is -2.26. The van der Waals surface area contributed by atoms with Crippen LogP contribution in [0.25, 0.3) is 0 Å². The van der Waals surface area contributed by atoms with Gasteiger partial charge in [0.05, 0.1) is 12.2 Å². The number of halogens is 1. The molecule has 0 saturated heterocycles. The molecule has 0 aliphatic carbocycles. The van der Waals surface area contributed by atoms with Crippen LogP contribution in [0, 0.1) is 5.82 Å². The summed E-state index contributed by atoms with van der Waals surface area (Å²) in [6.45, 7) is 9.06. The molecule has 2 aromatic rings.